The van der Waals surface area contributed by atoms with Crippen LogP contribution in [0.4, 0.5) is 0 Å². The summed E-state index contributed by atoms with van der Waals surface area (Å²) < 4.78 is 11.9. The Hall–Kier alpha value is -3.48. The third-order valence-electron chi connectivity index (χ3n) is 6.42. The molecule has 2 aromatic carbocycles. The monoisotopic (exact) mass is 583 g/mol. The third kappa shape index (κ3) is 6.13. The second-order valence-electron chi connectivity index (χ2n) is 10.9. The number of ether oxygens (including phenoxy) is 1. The number of rotatable bonds is 4. The third-order valence-corrected chi connectivity index (χ3v) is 8.55. The maximum Gasteiger partial charge on any atom is 0.319 e. The second kappa shape index (κ2) is 11.6. The first-order chi connectivity index (χ1) is 18.8. The zero-order chi connectivity index (χ0) is 29.4. The molecule has 3 aliphatic rings. The first-order valence-corrected chi connectivity index (χ1v) is 17.2. The SMILES string of the molecule is C=C(C)C(C(=O)O[Si](C)(C)C)N1C(=O)C2NC(=O)C(C)OC3CC(=O)N(SC21)C3=O.c1ccc2ccccc2c1. The van der Waals surface area contributed by atoms with Crippen molar-refractivity contribution in [2.75, 3.05) is 0 Å². The largest absolute Gasteiger partial charge is 0.518 e. The molecule has 4 amide bonds. The van der Waals surface area contributed by atoms with Gasteiger partial charge < -0.3 is 19.4 Å². The van der Waals surface area contributed by atoms with Crippen LogP contribution in [0.15, 0.2) is 60.7 Å². The lowest BCUT2D eigenvalue weighted by atomic mass is 9.99. The Morgan fingerprint density at radius 1 is 1.05 bits per heavy atom. The van der Waals surface area contributed by atoms with E-state index in [1.54, 1.807) is 6.92 Å². The minimum absolute atomic E-state index is 0.184. The number of carbonyl (C=O) groups excluding carboxylic acids is 5. The zero-order valence-corrected chi connectivity index (χ0v) is 24.9. The molecule has 0 spiro atoms. The van der Waals surface area contributed by atoms with E-state index in [1.165, 1.54) is 22.6 Å². The van der Waals surface area contributed by atoms with Crippen molar-refractivity contribution in [1.29, 1.82) is 0 Å². The first-order valence-electron chi connectivity index (χ1n) is 12.9. The number of amides is 4. The lowest BCUT2D eigenvalue weighted by molar-refractivity contribution is -0.161. The number of likely N-dealkylation sites (tertiary alicyclic amines) is 1. The van der Waals surface area contributed by atoms with Crippen molar-refractivity contribution >= 4 is 60.6 Å². The first kappa shape index (κ1) is 29.5. The van der Waals surface area contributed by atoms with E-state index >= 15 is 0 Å². The molecule has 1 N–H and O–H groups in total. The van der Waals surface area contributed by atoms with Crippen LogP contribution in [-0.4, -0.2) is 76.8 Å². The molecule has 2 aromatic rings. The minimum Gasteiger partial charge on any atom is -0.518 e. The number of hydrogen-bond donors (Lipinski definition) is 1. The molecule has 0 radical (unpaired) electrons. The van der Waals surface area contributed by atoms with Gasteiger partial charge in [0.05, 0.1) is 6.42 Å². The number of imide groups is 1. The number of hydrogen-bond acceptors (Lipinski definition) is 8. The van der Waals surface area contributed by atoms with E-state index in [2.05, 4.69) is 60.4 Å². The summed E-state index contributed by atoms with van der Waals surface area (Å²) in [4.78, 5) is 64.4. The Morgan fingerprint density at radius 2 is 1.60 bits per heavy atom. The summed E-state index contributed by atoms with van der Waals surface area (Å²) in [6.45, 7) is 12.4. The zero-order valence-electron chi connectivity index (χ0n) is 23.1. The summed E-state index contributed by atoms with van der Waals surface area (Å²) in [5, 5.41) is 4.36. The van der Waals surface area contributed by atoms with E-state index in [-0.39, 0.29) is 6.42 Å². The van der Waals surface area contributed by atoms with Gasteiger partial charge in [0, 0.05) is 0 Å². The lowest BCUT2D eigenvalue weighted by Crippen LogP contribution is -2.74. The molecular weight excluding hydrogens is 550 g/mol. The molecule has 212 valence electrons. The number of fused-ring (bicyclic) bond motifs is 4. The van der Waals surface area contributed by atoms with E-state index in [4.69, 9.17) is 9.16 Å². The van der Waals surface area contributed by atoms with E-state index in [1.807, 2.05) is 19.6 Å². The van der Waals surface area contributed by atoms with Gasteiger partial charge in [-0.2, -0.15) is 0 Å². The predicted molar refractivity (Wildman–Crippen MR) is 153 cm³/mol. The molecule has 12 heteroatoms. The van der Waals surface area contributed by atoms with Crippen molar-refractivity contribution in [1.82, 2.24) is 14.5 Å². The summed E-state index contributed by atoms with van der Waals surface area (Å²) >= 11 is 0.799. The Bertz CT molecular complexity index is 1310. The molecule has 10 nitrogen and oxygen atoms in total. The number of carbonyl (C=O) groups is 5. The number of nitrogens with one attached hydrogen (secondary N) is 1. The molecule has 5 rings (SSSR count). The highest BCUT2D eigenvalue weighted by Crippen LogP contribution is 2.39. The fraction of sp³-hybridized carbons (Fsp3) is 0.393. The molecule has 3 heterocycles. The molecule has 3 aliphatic heterocycles. The van der Waals surface area contributed by atoms with Gasteiger partial charge in [-0.15, -0.1) is 0 Å². The van der Waals surface area contributed by atoms with Gasteiger partial charge in [0.15, 0.2) is 6.04 Å². The summed E-state index contributed by atoms with van der Waals surface area (Å²) in [6.07, 6.45) is -2.26. The number of nitrogens with zero attached hydrogens (tertiary/aromatic N) is 2. The minimum atomic E-state index is -2.26. The van der Waals surface area contributed by atoms with Crippen LogP contribution in [0.25, 0.3) is 10.8 Å². The van der Waals surface area contributed by atoms with Crippen molar-refractivity contribution in [3.63, 3.8) is 0 Å². The summed E-state index contributed by atoms with van der Waals surface area (Å²) in [5.74, 6) is -2.78. The van der Waals surface area contributed by atoms with E-state index < -0.39 is 67.6 Å². The summed E-state index contributed by atoms with van der Waals surface area (Å²) in [7, 11) is -2.26. The normalized spacial score (nSPS) is 25.2. The van der Waals surface area contributed by atoms with Crippen LogP contribution in [0.2, 0.25) is 19.6 Å². The van der Waals surface area contributed by atoms with Gasteiger partial charge in [0.1, 0.15) is 23.6 Å². The number of benzene rings is 2. The Balaban J connectivity index is 0.000000307. The van der Waals surface area contributed by atoms with Crippen molar-refractivity contribution in [3.8, 4) is 0 Å². The van der Waals surface area contributed by atoms with Crippen molar-refractivity contribution in [2.45, 2.75) is 69.6 Å². The maximum absolute atomic E-state index is 12.9. The van der Waals surface area contributed by atoms with Crippen LogP contribution in [0.3, 0.4) is 0 Å². The van der Waals surface area contributed by atoms with E-state index in [0.717, 1.165) is 16.3 Å². The molecule has 0 aliphatic carbocycles. The van der Waals surface area contributed by atoms with Gasteiger partial charge in [-0.1, -0.05) is 55.1 Å². The Labute approximate surface area is 238 Å². The van der Waals surface area contributed by atoms with Crippen LogP contribution in [0.5, 0.6) is 0 Å². The molecule has 3 fully saturated rings. The van der Waals surface area contributed by atoms with Gasteiger partial charge in [0.2, 0.25) is 26.0 Å². The van der Waals surface area contributed by atoms with Crippen LogP contribution >= 0.6 is 11.9 Å². The van der Waals surface area contributed by atoms with E-state index in [9.17, 15) is 24.0 Å². The van der Waals surface area contributed by atoms with Crippen molar-refractivity contribution in [3.05, 3.63) is 60.7 Å². The topological polar surface area (TPSA) is 122 Å². The molecule has 0 saturated carbocycles. The lowest BCUT2D eigenvalue weighted by Gasteiger charge is -2.50. The van der Waals surface area contributed by atoms with Crippen LogP contribution in [0.1, 0.15) is 20.3 Å². The molecule has 5 atom stereocenters. The molecule has 2 bridgehead atoms. The predicted octanol–water partition coefficient (Wildman–Crippen LogP) is 3.00. The molecule has 3 saturated heterocycles. The fourth-order valence-electron chi connectivity index (χ4n) is 4.53. The highest BCUT2D eigenvalue weighted by Gasteiger charge is 2.58. The van der Waals surface area contributed by atoms with Crippen LogP contribution < -0.4 is 5.32 Å². The standard InChI is InChI=1S/C18H25N3O7SSi.C10H8/c1-8(2)13(18(26)28-30(4,5)6)20-16(25)12-17(20)29-21-11(22)7-10(15(21)24)27-9(3)14(23)19-12;1-2-6-10-8-4-3-7-9(10)5-1/h9-10,12-13,17H,1,7H2,2-6H3,(H,19,23);1-8H. The molecule has 0 aromatic heterocycles. The van der Waals surface area contributed by atoms with Crippen molar-refractivity contribution in [2.24, 2.45) is 0 Å². The summed E-state index contributed by atoms with van der Waals surface area (Å²) in [5.41, 5.74) is 0.378. The van der Waals surface area contributed by atoms with Gasteiger partial charge in [0.25, 0.3) is 5.91 Å². The van der Waals surface area contributed by atoms with Crippen LogP contribution in [0, 0.1) is 0 Å². The van der Waals surface area contributed by atoms with Gasteiger partial charge in [-0.05, 0) is 61.8 Å². The van der Waals surface area contributed by atoms with Crippen molar-refractivity contribution < 1.29 is 33.1 Å². The van der Waals surface area contributed by atoms with Crippen LogP contribution in [-0.2, 0) is 33.1 Å². The quantitative estimate of drug-likeness (QED) is 0.192. The van der Waals surface area contributed by atoms with Gasteiger partial charge >= 0.3 is 5.97 Å². The van der Waals surface area contributed by atoms with Gasteiger partial charge in [-0.25, -0.2) is 4.31 Å². The molecular formula is C28H33N3O7SSi. The smallest absolute Gasteiger partial charge is 0.319 e. The summed E-state index contributed by atoms with van der Waals surface area (Å²) in [6, 6.07) is 14.6. The van der Waals surface area contributed by atoms with Gasteiger partial charge in [-0.3, -0.25) is 24.0 Å². The average molecular weight is 584 g/mol. The molecule has 5 unspecified atom stereocenters. The Morgan fingerprint density at radius 3 is 2.10 bits per heavy atom. The highest BCUT2D eigenvalue weighted by molar-refractivity contribution is 7.98. The highest BCUT2D eigenvalue weighted by atomic mass is 32.2. The fourth-order valence-corrected chi connectivity index (χ4v) is 6.51. The maximum atomic E-state index is 12.9. The molecule has 40 heavy (non-hydrogen) atoms. The Kier molecular flexibility index (Phi) is 8.52. The average Bonchev–Trinajstić information content (AvgIpc) is 3.14. The second-order valence-corrected chi connectivity index (χ2v) is 16.3. The van der Waals surface area contributed by atoms with E-state index in [0.29, 0.717) is 5.57 Å². The number of β-lactam (4-membered cyclic amide) rings is 1.